The van der Waals surface area contributed by atoms with Gasteiger partial charge in [-0.1, -0.05) is 32.9 Å². The summed E-state index contributed by atoms with van der Waals surface area (Å²) in [5.74, 6) is -3.81. The number of phenols is 1. The van der Waals surface area contributed by atoms with E-state index in [9.17, 15) is 28.6 Å². The normalized spacial score (nSPS) is 17.4. The van der Waals surface area contributed by atoms with E-state index in [1.54, 1.807) is 18.2 Å². The Hall–Kier alpha value is -4.20. The van der Waals surface area contributed by atoms with Crippen molar-refractivity contribution in [2.24, 2.45) is 0 Å². The minimum absolute atomic E-state index is 0.0704. The molecule has 1 aliphatic heterocycles. The van der Waals surface area contributed by atoms with Crippen LogP contribution in [-0.2, 0) is 15.0 Å². The first-order valence-corrected chi connectivity index (χ1v) is 11.8. The molecule has 1 amide bonds. The summed E-state index contributed by atoms with van der Waals surface area (Å²) in [6.07, 6.45) is 0. The summed E-state index contributed by atoms with van der Waals surface area (Å²) in [4.78, 5) is 27.3. The van der Waals surface area contributed by atoms with Gasteiger partial charge in [0.05, 0.1) is 23.9 Å². The largest absolute Gasteiger partial charge is 0.508 e. The third-order valence-corrected chi connectivity index (χ3v) is 6.18. The number of carbonyl (C=O) groups excluding carboxylic acids is 2. The van der Waals surface area contributed by atoms with E-state index < -0.39 is 40.8 Å². The molecule has 1 fully saturated rings. The molecule has 1 heterocycles. The second kappa shape index (κ2) is 9.69. The first-order chi connectivity index (χ1) is 17.4. The van der Waals surface area contributed by atoms with Crippen LogP contribution in [0.3, 0.4) is 0 Å². The van der Waals surface area contributed by atoms with Gasteiger partial charge in [-0.3, -0.25) is 14.5 Å². The second-order valence-electron chi connectivity index (χ2n) is 9.75. The lowest BCUT2D eigenvalue weighted by Crippen LogP contribution is -2.30. The molecule has 0 saturated carbocycles. The summed E-state index contributed by atoms with van der Waals surface area (Å²) in [6, 6.07) is 11.8. The zero-order valence-electron chi connectivity index (χ0n) is 20.9. The van der Waals surface area contributed by atoms with Crippen LogP contribution in [0.5, 0.6) is 11.5 Å². The molecule has 0 radical (unpaired) electrons. The highest BCUT2D eigenvalue weighted by molar-refractivity contribution is 6.51. The number of rotatable bonds is 5. The zero-order valence-corrected chi connectivity index (χ0v) is 20.9. The van der Waals surface area contributed by atoms with Gasteiger partial charge < -0.3 is 14.9 Å². The summed E-state index contributed by atoms with van der Waals surface area (Å²) >= 11 is 0. The van der Waals surface area contributed by atoms with Gasteiger partial charge in [-0.2, -0.15) is 0 Å². The Labute approximate surface area is 213 Å². The number of benzene rings is 3. The molecule has 0 spiro atoms. The number of halogens is 2. The molecule has 0 aliphatic carbocycles. The molecule has 4 rings (SSSR count). The Kier molecular flexibility index (Phi) is 6.78. The van der Waals surface area contributed by atoms with Crippen molar-refractivity contribution in [1.29, 1.82) is 0 Å². The van der Waals surface area contributed by atoms with Gasteiger partial charge in [0.15, 0.2) is 0 Å². The van der Waals surface area contributed by atoms with Crippen LogP contribution < -0.4 is 9.64 Å². The highest BCUT2D eigenvalue weighted by Gasteiger charge is 2.48. The molecule has 6 nitrogen and oxygen atoms in total. The molecule has 0 aromatic heterocycles. The van der Waals surface area contributed by atoms with E-state index in [0.29, 0.717) is 17.9 Å². The van der Waals surface area contributed by atoms with Crippen LogP contribution in [0.1, 0.15) is 50.4 Å². The van der Waals surface area contributed by atoms with Crippen LogP contribution in [0.2, 0.25) is 0 Å². The van der Waals surface area contributed by atoms with Crippen molar-refractivity contribution in [3.63, 3.8) is 0 Å². The van der Waals surface area contributed by atoms with E-state index in [4.69, 9.17) is 4.74 Å². The van der Waals surface area contributed by atoms with E-state index in [0.717, 1.165) is 28.7 Å². The number of anilines is 1. The molecule has 0 bridgehead atoms. The van der Waals surface area contributed by atoms with Crippen LogP contribution >= 0.6 is 0 Å². The minimum Gasteiger partial charge on any atom is -0.508 e. The lowest BCUT2D eigenvalue weighted by Gasteiger charge is -2.26. The van der Waals surface area contributed by atoms with Crippen LogP contribution in [0.25, 0.3) is 5.76 Å². The molecule has 3 aromatic carbocycles. The van der Waals surface area contributed by atoms with Crippen LogP contribution in [0, 0.1) is 11.6 Å². The van der Waals surface area contributed by atoms with Gasteiger partial charge in [-0.15, -0.1) is 0 Å². The second-order valence-corrected chi connectivity index (χ2v) is 9.75. The first kappa shape index (κ1) is 25.9. The monoisotopic (exact) mass is 507 g/mol. The summed E-state index contributed by atoms with van der Waals surface area (Å²) in [6.45, 7) is 8.19. The maximum Gasteiger partial charge on any atom is 0.300 e. The zero-order chi connectivity index (χ0) is 27.1. The number of amides is 1. The minimum atomic E-state index is -1.28. The van der Waals surface area contributed by atoms with Gasteiger partial charge in [-0.05, 0) is 60.4 Å². The van der Waals surface area contributed by atoms with Crippen molar-refractivity contribution in [3.05, 3.63) is 94.6 Å². The molecule has 192 valence electrons. The Morgan fingerprint density at radius 1 is 1.00 bits per heavy atom. The van der Waals surface area contributed by atoms with Crippen LogP contribution in [0.4, 0.5) is 14.5 Å². The number of carbonyl (C=O) groups is 2. The predicted octanol–water partition coefficient (Wildman–Crippen LogP) is 5.99. The number of phenolic OH excluding ortho intramolecular Hbond substituents is 1. The number of nitrogens with zero attached hydrogens (tertiary/aromatic N) is 1. The quantitative estimate of drug-likeness (QED) is 0.252. The van der Waals surface area contributed by atoms with Gasteiger partial charge in [0.2, 0.25) is 0 Å². The lowest BCUT2D eigenvalue weighted by molar-refractivity contribution is -0.132. The summed E-state index contributed by atoms with van der Waals surface area (Å²) in [5, 5.41) is 21.2. The van der Waals surface area contributed by atoms with Crippen LogP contribution in [-0.4, -0.2) is 28.5 Å². The molecule has 37 heavy (non-hydrogen) atoms. The Balaban J connectivity index is 1.97. The molecular formula is C29H27F2NO5. The van der Waals surface area contributed by atoms with Crippen molar-refractivity contribution in [2.45, 2.75) is 39.2 Å². The smallest absolute Gasteiger partial charge is 0.300 e. The highest BCUT2D eigenvalue weighted by Crippen LogP contribution is 2.44. The molecule has 1 saturated heterocycles. The molecule has 1 unspecified atom stereocenters. The maximum atomic E-state index is 14.8. The first-order valence-electron chi connectivity index (χ1n) is 11.8. The maximum absolute atomic E-state index is 14.8. The van der Waals surface area contributed by atoms with Crippen molar-refractivity contribution in [1.82, 2.24) is 0 Å². The van der Waals surface area contributed by atoms with Gasteiger partial charge in [0, 0.05) is 17.2 Å². The van der Waals surface area contributed by atoms with Crippen molar-refractivity contribution in [2.75, 3.05) is 11.5 Å². The standard InChI is InChI=1S/C29H27F2NO5/c1-5-37-23-13-8-17(14-20(23)29(2,3)4)26(34)24-25(16-6-10-19(33)11-7-16)32(28(36)27(24)35)22-15-18(30)9-12-21(22)31/h6-15,25,33-34H,5H2,1-4H3/b26-24-. The third kappa shape index (κ3) is 4.79. The van der Waals surface area contributed by atoms with Crippen molar-refractivity contribution in [3.8, 4) is 11.5 Å². The molecule has 8 heteroatoms. The highest BCUT2D eigenvalue weighted by atomic mass is 19.1. The van der Waals surface area contributed by atoms with Crippen molar-refractivity contribution >= 4 is 23.1 Å². The third-order valence-electron chi connectivity index (χ3n) is 6.18. The van der Waals surface area contributed by atoms with Gasteiger partial charge in [0.25, 0.3) is 11.7 Å². The van der Waals surface area contributed by atoms with E-state index in [-0.39, 0.29) is 22.3 Å². The van der Waals surface area contributed by atoms with Crippen LogP contribution in [0.15, 0.2) is 66.2 Å². The number of aliphatic hydroxyl groups is 1. The number of aliphatic hydroxyl groups excluding tert-OH is 1. The number of hydrogen-bond acceptors (Lipinski definition) is 5. The molecule has 2 N–H and O–H groups in total. The topological polar surface area (TPSA) is 87.1 Å². The van der Waals surface area contributed by atoms with E-state index >= 15 is 0 Å². The molecule has 1 aliphatic rings. The number of ketones is 1. The summed E-state index contributed by atoms with van der Waals surface area (Å²) < 4.78 is 34.6. The van der Waals surface area contributed by atoms with Gasteiger partial charge >= 0.3 is 0 Å². The average Bonchev–Trinajstić information content (AvgIpc) is 3.10. The van der Waals surface area contributed by atoms with Gasteiger partial charge in [0.1, 0.15) is 28.9 Å². The molecule has 1 atom stereocenters. The Morgan fingerprint density at radius 3 is 2.30 bits per heavy atom. The fourth-order valence-electron chi connectivity index (χ4n) is 4.42. The molecule has 3 aromatic rings. The SMILES string of the molecule is CCOc1ccc(/C(O)=C2/C(=O)C(=O)N(c3cc(F)ccc3F)C2c2ccc(O)cc2)cc1C(C)(C)C. The molecular weight excluding hydrogens is 480 g/mol. The lowest BCUT2D eigenvalue weighted by atomic mass is 9.84. The van der Waals surface area contributed by atoms with E-state index in [1.807, 2.05) is 27.7 Å². The van der Waals surface area contributed by atoms with E-state index in [2.05, 4.69) is 0 Å². The van der Waals surface area contributed by atoms with Crippen molar-refractivity contribution < 1.29 is 33.3 Å². The summed E-state index contributed by atoms with van der Waals surface area (Å²) in [7, 11) is 0. The number of aromatic hydroxyl groups is 1. The Bertz CT molecular complexity index is 1410. The number of hydrogen-bond donors (Lipinski definition) is 2. The summed E-state index contributed by atoms with van der Waals surface area (Å²) in [5.41, 5.74) is 0.224. The fraction of sp³-hybridized carbons (Fsp3) is 0.241. The Morgan fingerprint density at radius 2 is 1.68 bits per heavy atom. The average molecular weight is 508 g/mol. The van der Waals surface area contributed by atoms with E-state index in [1.165, 1.54) is 24.3 Å². The van der Waals surface area contributed by atoms with Gasteiger partial charge in [-0.25, -0.2) is 8.78 Å². The number of Topliss-reactive ketones (excluding diaryl/α,β-unsaturated/α-hetero) is 1. The fourth-order valence-corrected chi connectivity index (χ4v) is 4.42. The number of ether oxygens (including phenoxy) is 1. The predicted molar refractivity (Wildman–Crippen MR) is 136 cm³/mol.